The van der Waals surface area contributed by atoms with E-state index in [2.05, 4.69) is 19.9 Å². The summed E-state index contributed by atoms with van der Waals surface area (Å²) in [5, 5.41) is 0. The van der Waals surface area contributed by atoms with Gasteiger partial charge in [0.2, 0.25) is 5.91 Å². The normalized spacial score (nSPS) is 14.7. The molecular formula is C20H20N6O. The summed E-state index contributed by atoms with van der Waals surface area (Å²) < 4.78 is 1.85. The van der Waals surface area contributed by atoms with E-state index < -0.39 is 0 Å². The SMILES string of the molecule is O=C(C=Cc1ccccc1)N1CCN(c2cc(-n3ccnc3)ncn2)CC1. The maximum Gasteiger partial charge on any atom is 0.246 e. The Labute approximate surface area is 157 Å². The zero-order valence-electron chi connectivity index (χ0n) is 14.8. The van der Waals surface area contributed by atoms with Gasteiger partial charge in [0.05, 0.1) is 0 Å². The maximum atomic E-state index is 12.4. The first-order valence-electron chi connectivity index (χ1n) is 8.87. The predicted octanol–water partition coefficient (Wildman–Crippen LogP) is 2.02. The zero-order valence-corrected chi connectivity index (χ0v) is 14.8. The summed E-state index contributed by atoms with van der Waals surface area (Å²) >= 11 is 0. The molecule has 4 rings (SSSR count). The number of carbonyl (C=O) groups is 1. The topological polar surface area (TPSA) is 67.2 Å². The van der Waals surface area contributed by atoms with Crippen LogP contribution >= 0.6 is 0 Å². The Morgan fingerprint density at radius 3 is 2.52 bits per heavy atom. The van der Waals surface area contributed by atoms with Gasteiger partial charge in [-0.05, 0) is 11.6 Å². The van der Waals surface area contributed by atoms with Gasteiger partial charge in [0, 0.05) is 50.7 Å². The second-order valence-electron chi connectivity index (χ2n) is 6.26. The van der Waals surface area contributed by atoms with Gasteiger partial charge in [0.25, 0.3) is 0 Å². The molecule has 0 saturated carbocycles. The highest BCUT2D eigenvalue weighted by Crippen LogP contribution is 2.16. The first kappa shape index (κ1) is 17.0. The second-order valence-corrected chi connectivity index (χ2v) is 6.26. The lowest BCUT2D eigenvalue weighted by Gasteiger charge is -2.35. The monoisotopic (exact) mass is 360 g/mol. The maximum absolute atomic E-state index is 12.4. The Morgan fingerprint density at radius 2 is 1.78 bits per heavy atom. The second kappa shape index (κ2) is 7.82. The van der Waals surface area contributed by atoms with Crippen LogP contribution in [0.5, 0.6) is 0 Å². The van der Waals surface area contributed by atoms with Crippen LogP contribution < -0.4 is 4.90 Å². The number of hydrogen-bond donors (Lipinski definition) is 0. The summed E-state index contributed by atoms with van der Waals surface area (Å²) in [6.45, 7) is 2.82. The molecule has 3 aromatic rings. The highest BCUT2D eigenvalue weighted by atomic mass is 16.2. The Morgan fingerprint density at radius 1 is 1.00 bits per heavy atom. The molecule has 1 saturated heterocycles. The van der Waals surface area contributed by atoms with Crippen molar-refractivity contribution in [2.45, 2.75) is 0 Å². The van der Waals surface area contributed by atoms with Gasteiger partial charge in [0.15, 0.2) is 0 Å². The summed E-state index contributed by atoms with van der Waals surface area (Å²) in [6.07, 6.45) is 10.3. The van der Waals surface area contributed by atoms with E-state index in [0.717, 1.165) is 30.3 Å². The lowest BCUT2D eigenvalue weighted by atomic mass is 10.2. The van der Waals surface area contributed by atoms with Crippen LogP contribution in [0.25, 0.3) is 11.9 Å². The summed E-state index contributed by atoms with van der Waals surface area (Å²) in [5.74, 6) is 1.68. The van der Waals surface area contributed by atoms with E-state index in [9.17, 15) is 4.79 Å². The van der Waals surface area contributed by atoms with Crippen molar-refractivity contribution < 1.29 is 4.79 Å². The number of imidazole rings is 1. The fourth-order valence-electron chi connectivity index (χ4n) is 3.04. The summed E-state index contributed by atoms with van der Waals surface area (Å²) in [4.78, 5) is 29.2. The van der Waals surface area contributed by atoms with Gasteiger partial charge < -0.3 is 9.80 Å². The van der Waals surface area contributed by atoms with E-state index in [1.807, 2.05) is 58.1 Å². The molecule has 3 heterocycles. The molecule has 0 atom stereocenters. The molecule has 7 nitrogen and oxygen atoms in total. The predicted molar refractivity (Wildman–Crippen MR) is 103 cm³/mol. The number of nitrogens with zero attached hydrogens (tertiary/aromatic N) is 6. The Bertz CT molecular complexity index is 915. The quantitative estimate of drug-likeness (QED) is 0.666. The number of benzene rings is 1. The van der Waals surface area contributed by atoms with Crippen molar-refractivity contribution in [1.82, 2.24) is 24.4 Å². The van der Waals surface area contributed by atoms with E-state index in [0.29, 0.717) is 13.1 Å². The number of anilines is 1. The molecule has 2 aromatic heterocycles. The van der Waals surface area contributed by atoms with Crippen molar-refractivity contribution in [3.63, 3.8) is 0 Å². The number of rotatable bonds is 4. The average molecular weight is 360 g/mol. The van der Waals surface area contributed by atoms with Crippen LogP contribution in [0.1, 0.15) is 5.56 Å². The summed E-state index contributed by atoms with van der Waals surface area (Å²) in [5.41, 5.74) is 1.03. The molecular weight excluding hydrogens is 340 g/mol. The molecule has 0 bridgehead atoms. The summed E-state index contributed by atoms with van der Waals surface area (Å²) in [6, 6.07) is 11.8. The molecule has 0 N–H and O–H groups in total. The van der Waals surface area contributed by atoms with Crippen LogP contribution in [0.2, 0.25) is 0 Å². The van der Waals surface area contributed by atoms with Crippen molar-refractivity contribution in [2.24, 2.45) is 0 Å². The van der Waals surface area contributed by atoms with Gasteiger partial charge in [-0.15, -0.1) is 0 Å². The minimum atomic E-state index is 0.0419. The van der Waals surface area contributed by atoms with Gasteiger partial charge in [0.1, 0.15) is 24.3 Å². The summed E-state index contributed by atoms with van der Waals surface area (Å²) in [7, 11) is 0. The van der Waals surface area contributed by atoms with E-state index in [1.54, 1.807) is 24.9 Å². The highest BCUT2D eigenvalue weighted by molar-refractivity contribution is 5.91. The number of hydrogen-bond acceptors (Lipinski definition) is 5. The van der Waals surface area contributed by atoms with E-state index >= 15 is 0 Å². The first-order chi connectivity index (χ1) is 13.3. The fourth-order valence-corrected chi connectivity index (χ4v) is 3.04. The minimum Gasteiger partial charge on any atom is -0.353 e. The van der Waals surface area contributed by atoms with Crippen LogP contribution in [0, 0.1) is 0 Å². The molecule has 1 fully saturated rings. The van der Waals surface area contributed by atoms with Crippen molar-refractivity contribution in [3.8, 4) is 5.82 Å². The van der Waals surface area contributed by atoms with Gasteiger partial charge in [-0.1, -0.05) is 30.3 Å². The number of piperazine rings is 1. The molecule has 1 aliphatic rings. The molecule has 0 radical (unpaired) electrons. The Balaban J connectivity index is 1.37. The van der Waals surface area contributed by atoms with Crippen molar-refractivity contribution >= 4 is 17.8 Å². The van der Waals surface area contributed by atoms with E-state index in [1.165, 1.54) is 0 Å². The first-order valence-corrected chi connectivity index (χ1v) is 8.87. The highest BCUT2D eigenvalue weighted by Gasteiger charge is 2.21. The van der Waals surface area contributed by atoms with Gasteiger partial charge in [-0.3, -0.25) is 9.36 Å². The Hall–Kier alpha value is -3.48. The van der Waals surface area contributed by atoms with E-state index in [4.69, 9.17) is 0 Å². The Kier molecular flexibility index (Phi) is 4.91. The lowest BCUT2D eigenvalue weighted by molar-refractivity contribution is -0.126. The largest absolute Gasteiger partial charge is 0.353 e. The van der Waals surface area contributed by atoms with Gasteiger partial charge in [-0.2, -0.15) is 0 Å². The molecule has 1 aromatic carbocycles. The fraction of sp³-hybridized carbons (Fsp3) is 0.200. The molecule has 0 spiro atoms. The standard InChI is InChI=1S/C20H20N6O/c27-20(7-6-17-4-2-1-3-5-17)25-12-10-24(11-13-25)18-14-19(23-15-22-18)26-9-8-21-16-26/h1-9,14-16H,10-13H2. The van der Waals surface area contributed by atoms with Gasteiger partial charge in [-0.25, -0.2) is 15.0 Å². The average Bonchev–Trinajstić information content (AvgIpc) is 3.28. The third-order valence-electron chi connectivity index (χ3n) is 4.54. The third kappa shape index (κ3) is 4.03. The molecule has 1 aliphatic heterocycles. The van der Waals surface area contributed by atoms with Crippen LogP contribution in [-0.2, 0) is 4.79 Å². The zero-order chi connectivity index (χ0) is 18.5. The number of carbonyl (C=O) groups excluding carboxylic acids is 1. The van der Waals surface area contributed by atoms with Crippen molar-refractivity contribution in [2.75, 3.05) is 31.1 Å². The molecule has 7 heteroatoms. The van der Waals surface area contributed by atoms with Crippen LogP contribution in [-0.4, -0.2) is 56.5 Å². The molecule has 27 heavy (non-hydrogen) atoms. The lowest BCUT2D eigenvalue weighted by Crippen LogP contribution is -2.48. The van der Waals surface area contributed by atoms with Crippen LogP contribution in [0.4, 0.5) is 5.82 Å². The molecule has 0 aliphatic carbocycles. The molecule has 1 amide bonds. The third-order valence-corrected chi connectivity index (χ3v) is 4.54. The van der Waals surface area contributed by atoms with Crippen LogP contribution in [0.3, 0.4) is 0 Å². The molecule has 0 unspecified atom stereocenters. The van der Waals surface area contributed by atoms with Crippen molar-refractivity contribution in [1.29, 1.82) is 0 Å². The number of amides is 1. The smallest absolute Gasteiger partial charge is 0.246 e. The van der Waals surface area contributed by atoms with Gasteiger partial charge >= 0.3 is 0 Å². The number of aromatic nitrogens is 4. The van der Waals surface area contributed by atoms with Crippen molar-refractivity contribution in [3.05, 3.63) is 73.1 Å². The van der Waals surface area contributed by atoms with E-state index in [-0.39, 0.29) is 5.91 Å². The molecule has 136 valence electrons. The van der Waals surface area contributed by atoms with Crippen LogP contribution in [0.15, 0.2) is 67.5 Å². The minimum absolute atomic E-state index is 0.0419.